The number of hydrogen-bond acceptors (Lipinski definition) is 4. The van der Waals surface area contributed by atoms with Gasteiger partial charge in [0.25, 0.3) is 0 Å². The minimum Gasteiger partial charge on any atom is -0.463 e. The largest absolute Gasteiger partial charge is 0.463 e. The molecule has 0 radical (unpaired) electrons. The smallest absolute Gasteiger partial charge is 0.305 e. The van der Waals surface area contributed by atoms with Gasteiger partial charge < -0.3 is 14.6 Å². The molecule has 0 aliphatic carbocycles. The van der Waals surface area contributed by atoms with Gasteiger partial charge >= 0.3 is 5.97 Å². The van der Waals surface area contributed by atoms with Crippen LogP contribution in [0, 0.1) is 0 Å². The van der Waals surface area contributed by atoms with Gasteiger partial charge in [-0.25, -0.2) is 0 Å². The van der Waals surface area contributed by atoms with E-state index in [0.29, 0.717) is 13.0 Å². The number of carbonyl (C=O) groups is 1. The minimum atomic E-state index is -0.718. The number of aliphatic hydroxyl groups is 1. The highest BCUT2D eigenvalue weighted by atomic mass is 16.5. The zero-order chi connectivity index (χ0) is 21.4. The van der Waals surface area contributed by atoms with Crippen LogP contribution in [0.15, 0.2) is 12.2 Å². The molecule has 0 amide bonds. The van der Waals surface area contributed by atoms with Crippen molar-refractivity contribution in [2.45, 2.75) is 123 Å². The number of ether oxygens (including phenoxy) is 2. The predicted molar refractivity (Wildman–Crippen MR) is 122 cm³/mol. The van der Waals surface area contributed by atoms with Crippen LogP contribution in [0.25, 0.3) is 0 Å². The topological polar surface area (TPSA) is 55.8 Å². The van der Waals surface area contributed by atoms with Crippen LogP contribution in [0.1, 0.15) is 117 Å². The van der Waals surface area contributed by atoms with Crippen molar-refractivity contribution in [1.29, 1.82) is 0 Å². The molecule has 1 unspecified atom stereocenters. The Bertz CT molecular complexity index is 368. The van der Waals surface area contributed by atoms with E-state index in [1.807, 2.05) is 0 Å². The van der Waals surface area contributed by atoms with Gasteiger partial charge in [-0.3, -0.25) is 4.79 Å². The van der Waals surface area contributed by atoms with Gasteiger partial charge in [0, 0.05) is 13.0 Å². The fourth-order valence-corrected chi connectivity index (χ4v) is 3.12. The lowest BCUT2D eigenvalue weighted by Gasteiger charge is -2.11. The molecule has 0 heterocycles. The summed E-state index contributed by atoms with van der Waals surface area (Å²) in [4.78, 5) is 11.7. The molecule has 0 aromatic rings. The third-order valence-corrected chi connectivity index (χ3v) is 5.03. The molecule has 0 aliphatic heterocycles. The van der Waals surface area contributed by atoms with E-state index in [1.165, 1.54) is 70.6 Å². The molecule has 0 aliphatic rings. The Kier molecular flexibility index (Phi) is 22.7. The standard InChI is InChI=1S/C25H48O4/c1-3-5-7-8-9-10-11-12-13-14-15-16-17-18-19-20-25(27)29-23-24(26)22-28-21-6-4-2/h12-13,24,26H,3-11,14-23H2,1-2H3/b13-12-. The Labute approximate surface area is 180 Å². The number of allylic oxidation sites excluding steroid dienone is 2. The second-order valence-electron chi connectivity index (χ2n) is 8.10. The number of unbranched alkanes of at least 4 members (excludes halogenated alkanes) is 12. The SMILES string of the molecule is CCCCCCCC/C=C\CCCCCCCC(=O)OCC(O)COCCCC. The van der Waals surface area contributed by atoms with Gasteiger partial charge in [-0.1, -0.05) is 83.8 Å². The third-order valence-electron chi connectivity index (χ3n) is 5.03. The summed E-state index contributed by atoms with van der Waals surface area (Å²) in [5, 5.41) is 9.69. The van der Waals surface area contributed by atoms with Crippen LogP contribution in [0.2, 0.25) is 0 Å². The van der Waals surface area contributed by atoms with Crippen LogP contribution < -0.4 is 0 Å². The summed E-state index contributed by atoms with van der Waals surface area (Å²) < 4.78 is 10.4. The molecular formula is C25H48O4. The Morgan fingerprint density at radius 2 is 1.31 bits per heavy atom. The first-order chi connectivity index (χ1) is 14.2. The maximum absolute atomic E-state index is 11.7. The maximum Gasteiger partial charge on any atom is 0.305 e. The van der Waals surface area contributed by atoms with Gasteiger partial charge in [-0.05, 0) is 38.5 Å². The van der Waals surface area contributed by atoms with Gasteiger partial charge in [0.15, 0.2) is 0 Å². The van der Waals surface area contributed by atoms with Crippen molar-refractivity contribution >= 4 is 5.97 Å². The fourth-order valence-electron chi connectivity index (χ4n) is 3.12. The molecular weight excluding hydrogens is 364 g/mol. The predicted octanol–water partition coefficient (Wildman–Crippen LogP) is 6.74. The summed E-state index contributed by atoms with van der Waals surface area (Å²) in [5.41, 5.74) is 0. The minimum absolute atomic E-state index is 0.0377. The van der Waals surface area contributed by atoms with Crippen LogP contribution in [-0.2, 0) is 14.3 Å². The summed E-state index contributed by atoms with van der Waals surface area (Å²) in [6.45, 7) is 5.28. The normalized spacial score (nSPS) is 12.5. The van der Waals surface area contributed by atoms with Crippen LogP contribution >= 0.6 is 0 Å². The van der Waals surface area contributed by atoms with Crippen molar-refractivity contribution in [3.05, 3.63) is 12.2 Å². The summed E-state index contributed by atoms with van der Waals surface area (Å²) in [5.74, 6) is -0.213. The van der Waals surface area contributed by atoms with Gasteiger partial charge in [0.05, 0.1) is 6.61 Å². The number of aliphatic hydroxyl groups excluding tert-OH is 1. The lowest BCUT2D eigenvalue weighted by molar-refractivity contribution is -0.147. The Hall–Kier alpha value is -0.870. The fraction of sp³-hybridized carbons (Fsp3) is 0.880. The van der Waals surface area contributed by atoms with Crippen molar-refractivity contribution in [2.75, 3.05) is 19.8 Å². The molecule has 1 atom stereocenters. The average Bonchev–Trinajstić information content (AvgIpc) is 2.72. The summed E-state index contributed by atoms with van der Waals surface area (Å²) in [6, 6.07) is 0. The molecule has 0 rings (SSSR count). The highest BCUT2D eigenvalue weighted by molar-refractivity contribution is 5.69. The molecule has 172 valence electrons. The van der Waals surface area contributed by atoms with E-state index in [-0.39, 0.29) is 19.2 Å². The van der Waals surface area contributed by atoms with Crippen molar-refractivity contribution in [3.8, 4) is 0 Å². The summed E-state index contributed by atoms with van der Waals surface area (Å²) in [6.07, 6.45) is 22.7. The summed E-state index contributed by atoms with van der Waals surface area (Å²) in [7, 11) is 0. The van der Waals surface area contributed by atoms with Gasteiger partial charge in [0.2, 0.25) is 0 Å². The molecule has 0 fully saturated rings. The van der Waals surface area contributed by atoms with Crippen LogP contribution in [0.4, 0.5) is 0 Å². The Morgan fingerprint density at radius 3 is 1.93 bits per heavy atom. The first kappa shape index (κ1) is 28.1. The van der Waals surface area contributed by atoms with Crippen LogP contribution in [0.3, 0.4) is 0 Å². The number of esters is 1. The van der Waals surface area contributed by atoms with E-state index in [1.54, 1.807) is 0 Å². The lowest BCUT2D eigenvalue weighted by atomic mass is 10.1. The molecule has 0 spiro atoms. The van der Waals surface area contributed by atoms with Crippen molar-refractivity contribution in [1.82, 2.24) is 0 Å². The van der Waals surface area contributed by atoms with Crippen LogP contribution in [-0.4, -0.2) is 37.0 Å². The van der Waals surface area contributed by atoms with Gasteiger partial charge in [-0.15, -0.1) is 0 Å². The molecule has 4 heteroatoms. The second kappa shape index (κ2) is 23.4. The Morgan fingerprint density at radius 1 is 0.759 bits per heavy atom. The first-order valence-corrected chi connectivity index (χ1v) is 12.3. The van der Waals surface area contributed by atoms with Crippen molar-refractivity contribution < 1.29 is 19.4 Å². The quantitative estimate of drug-likeness (QED) is 0.121. The van der Waals surface area contributed by atoms with Gasteiger partial charge in [-0.2, -0.15) is 0 Å². The molecule has 0 bridgehead atoms. The van der Waals surface area contributed by atoms with E-state index in [0.717, 1.165) is 25.7 Å². The van der Waals surface area contributed by atoms with E-state index in [4.69, 9.17) is 9.47 Å². The molecule has 1 N–H and O–H groups in total. The summed E-state index contributed by atoms with van der Waals surface area (Å²) >= 11 is 0. The number of hydrogen-bond donors (Lipinski definition) is 1. The average molecular weight is 413 g/mol. The number of rotatable bonds is 22. The van der Waals surface area contributed by atoms with E-state index in [9.17, 15) is 9.90 Å². The third kappa shape index (κ3) is 23.3. The Balaban J connectivity index is 3.31. The molecule has 4 nitrogen and oxygen atoms in total. The number of carbonyl (C=O) groups excluding carboxylic acids is 1. The molecule has 0 aromatic heterocycles. The van der Waals surface area contributed by atoms with E-state index >= 15 is 0 Å². The van der Waals surface area contributed by atoms with E-state index < -0.39 is 6.10 Å². The zero-order valence-electron chi connectivity index (χ0n) is 19.3. The molecule has 0 aromatic carbocycles. The first-order valence-electron chi connectivity index (χ1n) is 12.3. The molecule has 29 heavy (non-hydrogen) atoms. The highest BCUT2D eigenvalue weighted by Crippen LogP contribution is 2.10. The van der Waals surface area contributed by atoms with E-state index in [2.05, 4.69) is 26.0 Å². The van der Waals surface area contributed by atoms with Crippen molar-refractivity contribution in [3.63, 3.8) is 0 Å². The highest BCUT2D eigenvalue weighted by Gasteiger charge is 2.08. The lowest BCUT2D eigenvalue weighted by Crippen LogP contribution is -2.24. The monoisotopic (exact) mass is 412 g/mol. The van der Waals surface area contributed by atoms with Gasteiger partial charge in [0.1, 0.15) is 12.7 Å². The van der Waals surface area contributed by atoms with Crippen LogP contribution in [0.5, 0.6) is 0 Å². The van der Waals surface area contributed by atoms with Crippen molar-refractivity contribution in [2.24, 2.45) is 0 Å². The zero-order valence-corrected chi connectivity index (χ0v) is 19.3. The second-order valence-corrected chi connectivity index (χ2v) is 8.10. The maximum atomic E-state index is 11.7. The molecule has 0 saturated carbocycles. The molecule has 0 saturated heterocycles.